The summed E-state index contributed by atoms with van der Waals surface area (Å²) in [4.78, 5) is 13.1. The minimum atomic E-state index is -0.726. The van der Waals surface area contributed by atoms with Gasteiger partial charge < -0.3 is 15.1 Å². The molecule has 4 nitrogen and oxygen atoms in total. The predicted octanol–water partition coefficient (Wildman–Crippen LogP) is 1.62. The first-order chi connectivity index (χ1) is 8.16. The van der Waals surface area contributed by atoms with Crippen molar-refractivity contribution in [2.75, 3.05) is 11.4 Å². The van der Waals surface area contributed by atoms with E-state index >= 15 is 0 Å². The smallest absolute Gasteiger partial charge is 0.308 e. The second kappa shape index (κ2) is 3.65. The summed E-state index contributed by atoms with van der Waals surface area (Å²) in [5, 5.41) is 19.0. The predicted molar refractivity (Wildman–Crippen MR) is 63.3 cm³/mol. The third kappa shape index (κ3) is 1.55. The van der Waals surface area contributed by atoms with Crippen molar-refractivity contribution in [1.29, 1.82) is 0 Å². The number of anilines is 1. The molecule has 2 aliphatic rings. The molecule has 1 saturated heterocycles. The monoisotopic (exact) mass is 233 g/mol. The molecule has 90 valence electrons. The van der Waals surface area contributed by atoms with Crippen LogP contribution in [-0.2, 0) is 11.2 Å². The van der Waals surface area contributed by atoms with Crippen molar-refractivity contribution in [3.8, 4) is 5.75 Å². The molecule has 2 unspecified atom stereocenters. The molecule has 2 heterocycles. The van der Waals surface area contributed by atoms with Crippen molar-refractivity contribution in [3.63, 3.8) is 0 Å². The number of phenols is 1. The molecule has 0 saturated carbocycles. The molecule has 0 spiro atoms. The van der Waals surface area contributed by atoms with Gasteiger partial charge >= 0.3 is 5.97 Å². The van der Waals surface area contributed by atoms with Gasteiger partial charge in [-0.15, -0.1) is 0 Å². The standard InChI is InChI=1S/C13H15NO3/c15-11-3-1-2-8-4-5-10-6-9(13(16)17)7-14(10)12(8)11/h1-3,9-10,15H,4-7H2,(H,16,17). The number of rotatable bonds is 1. The van der Waals surface area contributed by atoms with Crippen LogP contribution in [0, 0.1) is 5.92 Å². The van der Waals surface area contributed by atoms with E-state index < -0.39 is 5.97 Å². The average Bonchev–Trinajstić information content (AvgIpc) is 2.73. The fraction of sp³-hybridized carbons (Fsp3) is 0.462. The maximum atomic E-state index is 11.1. The molecule has 2 atom stereocenters. The number of carbonyl (C=O) groups is 1. The fourth-order valence-electron chi connectivity index (χ4n) is 3.08. The quantitative estimate of drug-likeness (QED) is 0.773. The number of nitrogens with zero attached hydrogens (tertiary/aromatic N) is 1. The van der Waals surface area contributed by atoms with Gasteiger partial charge in [-0.3, -0.25) is 4.79 Å². The molecule has 1 aromatic rings. The Kier molecular flexibility index (Phi) is 2.24. The Morgan fingerprint density at radius 2 is 2.24 bits per heavy atom. The lowest BCUT2D eigenvalue weighted by Gasteiger charge is -2.33. The number of fused-ring (bicyclic) bond motifs is 3. The van der Waals surface area contributed by atoms with E-state index in [0.29, 0.717) is 13.0 Å². The normalized spacial score (nSPS) is 26.5. The first-order valence-electron chi connectivity index (χ1n) is 5.97. The van der Waals surface area contributed by atoms with Gasteiger partial charge in [0.05, 0.1) is 11.6 Å². The molecule has 3 rings (SSSR count). The van der Waals surface area contributed by atoms with Gasteiger partial charge in [0.2, 0.25) is 0 Å². The van der Waals surface area contributed by atoms with Crippen LogP contribution in [0.4, 0.5) is 5.69 Å². The fourth-order valence-corrected chi connectivity index (χ4v) is 3.08. The van der Waals surface area contributed by atoms with Crippen molar-refractivity contribution in [3.05, 3.63) is 23.8 Å². The largest absolute Gasteiger partial charge is 0.506 e. The van der Waals surface area contributed by atoms with Crippen molar-refractivity contribution in [1.82, 2.24) is 0 Å². The number of aliphatic carboxylic acids is 1. The summed E-state index contributed by atoms with van der Waals surface area (Å²) < 4.78 is 0. The highest BCUT2D eigenvalue weighted by molar-refractivity contribution is 5.74. The molecule has 0 amide bonds. The van der Waals surface area contributed by atoms with Crippen molar-refractivity contribution < 1.29 is 15.0 Å². The van der Waals surface area contributed by atoms with E-state index in [1.807, 2.05) is 12.1 Å². The van der Waals surface area contributed by atoms with Gasteiger partial charge in [-0.2, -0.15) is 0 Å². The Balaban J connectivity index is 1.98. The van der Waals surface area contributed by atoms with Gasteiger partial charge in [-0.25, -0.2) is 0 Å². The number of hydrogen-bond donors (Lipinski definition) is 2. The first-order valence-corrected chi connectivity index (χ1v) is 5.97. The topological polar surface area (TPSA) is 60.8 Å². The minimum Gasteiger partial charge on any atom is -0.506 e. The number of carboxylic acid groups (broad SMARTS) is 1. The summed E-state index contributed by atoms with van der Waals surface area (Å²) in [5.41, 5.74) is 1.99. The van der Waals surface area contributed by atoms with Crippen LogP contribution < -0.4 is 4.90 Å². The van der Waals surface area contributed by atoms with Crippen LogP contribution >= 0.6 is 0 Å². The zero-order valence-electron chi connectivity index (χ0n) is 9.47. The molecular formula is C13H15NO3. The molecule has 0 aliphatic carbocycles. The van der Waals surface area contributed by atoms with E-state index in [1.54, 1.807) is 6.07 Å². The Morgan fingerprint density at radius 3 is 3.00 bits per heavy atom. The van der Waals surface area contributed by atoms with Gasteiger partial charge in [0.1, 0.15) is 5.75 Å². The van der Waals surface area contributed by atoms with E-state index in [9.17, 15) is 9.90 Å². The van der Waals surface area contributed by atoms with Gasteiger partial charge in [-0.1, -0.05) is 12.1 Å². The molecular weight excluding hydrogens is 218 g/mol. The Labute approximate surface area is 99.5 Å². The second-order valence-corrected chi connectivity index (χ2v) is 4.90. The maximum Gasteiger partial charge on any atom is 0.308 e. The lowest BCUT2D eigenvalue weighted by molar-refractivity contribution is -0.141. The highest BCUT2D eigenvalue weighted by Crippen LogP contribution is 2.42. The Hall–Kier alpha value is -1.71. The maximum absolute atomic E-state index is 11.1. The van der Waals surface area contributed by atoms with Crippen LogP contribution in [-0.4, -0.2) is 28.8 Å². The van der Waals surface area contributed by atoms with Gasteiger partial charge in [0.15, 0.2) is 0 Å². The van der Waals surface area contributed by atoms with Gasteiger partial charge in [0, 0.05) is 12.6 Å². The molecule has 17 heavy (non-hydrogen) atoms. The van der Waals surface area contributed by atoms with Crippen LogP contribution in [0.2, 0.25) is 0 Å². The van der Waals surface area contributed by atoms with E-state index in [4.69, 9.17) is 5.11 Å². The molecule has 1 fully saturated rings. The lowest BCUT2D eigenvalue weighted by atomic mass is 9.95. The number of hydrogen-bond acceptors (Lipinski definition) is 3. The summed E-state index contributed by atoms with van der Waals surface area (Å²) in [6.07, 6.45) is 2.61. The molecule has 4 heteroatoms. The van der Waals surface area contributed by atoms with Crippen molar-refractivity contribution in [2.45, 2.75) is 25.3 Å². The van der Waals surface area contributed by atoms with Gasteiger partial charge in [0.25, 0.3) is 0 Å². The Bertz CT molecular complexity index is 472. The molecule has 0 bridgehead atoms. The second-order valence-electron chi connectivity index (χ2n) is 4.90. The van der Waals surface area contributed by atoms with Gasteiger partial charge in [-0.05, 0) is 30.9 Å². The SMILES string of the molecule is O=C(O)C1CC2CCc3cccc(O)c3N2C1. The zero-order valence-corrected chi connectivity index (χ0v) is 9.47. The third-order valence-corrected chi connectivity index (χ3v) is 3.90. The zero-order chi connectivity index (χ0) is 12.0. The van der Waals surface area contributed by atoms with Crippen LogP contribution in [0.25, 0.3) is 0 Å². The number of benzene rings is 1. The molecule has 1 aromatic carbocycles. The summed E-state index contributed by atoms with van der Waals surface area (Å²) in [7, 11) is 0. The summed E-state index contributed by atoms with van der Waals surface area (Å²) in [6.45, 7) is 0.518. The van der Waals surface area contributed by atoms with Crippen molar-refractivity contribution in [2.24, 2.45) is 5.92 Å². The average molecular weight is 233 g/mol. The summed E-state index contributed by atoms with van der Waals surface area (Å²) in [5.74, 6) is -0.750. The van der Waals surface area contributed by atoms with E-state index in [0.717, 1.165) is 24.1 Å². The number of phenolic OH excluding ortho intramolecular Hbond substituents is 1. The molecule has 0 aromatic heterocycles. The van der Waals surface area contributed by atoms with E-state index in [2.05, 4.69) is 4.90 Å². The highest BCUT2D eigenvalue weighted by Gasteiger charge is 2.39. The minimum absolute atomic E-state index is 0.275. The summed E-state index contributed by atoms with van der Waals surface area (Å²) >= 11 is 0. The van der Waals surface area contributed by atoms with Crippen LogP contribution in [0.1, 0.15) is 18.4 Å². The van der Waals surface area contributed by atoms with E-state index in [1.165, 1.54) is 0 Å². The van der Waals surface area contributed by atoms with E-state index in [-0.39, 0.29) is 17.7 Å². The summed E-state index contributed by atoms with van der Waals surface area (Å²) in [6, 6.07) is 5.81. The molecule has 2 aliphatic heterocycles. The molecule has 0 radical (unpaired) electrons. The Morgan fingerprint density at radius 1 is 1.41 bits per heavy atom. The molecule has 2 N–H and O–H groups in total. The number of carboxylic acids is 1. The number of aryl methyl sites for hydroxylation is 1. The number of para-hydroxylation sites is 1. The van der Waals surface area contributed by atoms with Crippen molar-refractivity contribution >= 4 is 11.7 Å². The third-order valence-electron chi connectivity index (χ3n) is 3.90. The highest BCUT2D eigenvalue weighted by atomic mass is 16.4. The van der Waals surface area contributed by atoms with Crippen LogP contribution in [0.3, 0.4) is 0 Å². The van der Waals surface area contributed by atoms with Crippen LogP contribution in [0.5, 0.6) is 5.75 Å². The first kappa shape index (κ1) is 10.4. The van der Waals surface area contributed by atoms with Crippen LogP contribution in [0.15, 0.2) is 18.2 Å². The lowest BCUT2D eigenvalue weighted by Crippen LogP contribution is -2.34. The number of aromatic hydroxyl groups is 1.